The van der Waals surface area contributed by atoms with Crippen LogP contribution in [0.15, 0.2) is 54.6 Å². The van der Waals surface area contributed by atoms with Gasteiger partial charge in [-0.05, 0) is 62.6 Å². The van der Waals surface area contributed by atoms with Crippen molar-refractivity contribution < 1.29 is 14.3 Å². The number of nitrogens with zero attached hydrogens (tertiary/aromatic N) is 3. The van der Waals surface area contributed by atoms with Gasteiger partial charge in [-0.25, -0.2) is 4.98 Å². The number of amides is 1. The second-order valence-corrected chi connectivity index (χ2v) is 8.30. The SMILES string of the molecule is Cc1cc(Nc2ccc(NC(=O)C3COc4ccccc4O3)cc2)nc(N2CCCCC2)n1. The molecule has 3 heterocycles. The molecule has 0 bridgehead atoms. The van der Waals surface area contributed by atoms with E-state index in [1.54, 1.807) is 6.07 Å². The molecule has 1 fully saturated rings. The maximum atomic E-state index is 12.6. The highest BCUT2D eigenvalue weighted by atomic mass is 16.6. The average molecular weight is 446 g/mol. The summed E-state index contributed by atoms with van der Waals surface area (Å²) in [5.74, 6) is 2.51. The predicted molar refractivity (Wildman–Crippen MR) is 128 cm³/mol. The number of aryl methyl sites for hydroxylation is 1. The predicted octanol–water partition coefficient (Wildman–Crippen LogP) is 4.30. The second kappa shape index (κ2) is 9.36. The van der Waals surface area contributed by atoms with Crippen molar-refractivity contribution in [1.29, 1.82) is 0 Å². The number of benzene rings is 2. The van der Waals surface area contributed by atoms with Gasteiger partial charge in [-0.3, -0.25) is 4.79 Å². The van der Waals surface area contributed by atoms with Crippen LogP contribution in [0.4, 0.5) is 23.1 Å². The van der Waals surface area contributed by atoms with Crippen LogP contribution in [-0.2, 0) is 4.79 Å². The Balaban J connectivity index is 1.21. The van der Waals surface area contributed by atoms with Crippen LogP contribution >= 0.6 is 0 Å². The Morgan fingerprint density at radius 3 is 2.48 bits per heavy atom. The summed E-state index contributed by atoms with van der Waals surface area (Å²) >= 11 is 0. The number of hydrogen-bond acceptors (Lipinski definition) is 7. The first-order chi connectivity index (χ1) is 16.1. The maximum Gasteiger partial charge on any atom is 0.269 e. The van der Waals surface area contributed by atoms with Gasteiger partial charge in [0.15, 0.2) is 11.5 Å². The van der Waals surface area contributed by atoms with Gasteiger partial charge in [0.05, 0.1) is 0 Å². The third kappa shape index (κ3) is 5.00. The smallest absolute Gasteiger partial charge is 0.269 e. The second-order valence-electron chi connectivity index (χ2n) is 8.30. The van der Waals surface area contributed by atoms with Gasteiger partial charge >= 0.3 is 0 Å². The number of nitrogens with one attached hydrogen (secondary N) is 2. The van der Waals surface area contributed by atoms with Gasteiger partial charge in [0.25, 0.3) is 5.91 Å². The molecule has 0 radical (unpaired) electrons. The van der Waals surface area contributed by atoms with Crippen molar-refractivity contribution in [2.24, 2.45) is 0 Å². The summed E-state index contributed by atoms with van der Waals surface area (Å²) in [4.78, 5) is 24.2. The number of para-hydroxylation sites is 2. The Hall–Kier alpha value is -3.81. The standard InChI is InChI=1S/C25H27N5O3/c1-17-15-23(29-25(26-17)30-13-5-2-6-14-30)27-18-9-11-19(12-10-18)28-24(31)22-16-32-20-7-3-4-8-21(20)33-22/h3-4,7-12,15,22H,2,5-6,13-14,16H2,1H3,(H,28,31)(H,26,27,29). The molecule has 2 aliphatic heterocycles. The number of carbonyl (C=O) groups excluding carboxylic acids is 1. The van der Waals surface area contributed by atoms with Crippen LogP contribution in [0.3, 0.4) is 0 Å². The number of aromatic nitrogens is 2. The van der Waals surface area contributed by atoms with Crippen molar-refractivity contribution in [3.63, 3.8) is 0 Å². The van der Waals surface area contributed by atoms with Crippen molar-refractivity contribution in [1.82, 2.24) is 9.97 Å². The van der Waals surface area contributed by atoms with E-state index in [9.17, 15) is 4.79 Å². The minimum atomic E-state index is -0.699. The van der Waals surface area contributed by atoms with Gasteiger partial charge in [-0.15, -0.1) is 0 Å². The van der Waals surface area contributed by atoms with Gasteiger partial charge < -0.3 is 25.0 Å². The number of carbonyl (C=O) groups is 1. The molecule has 33 heavy (non-hydrogen) atoms. The van der Waals surface area contributed by atoms with Crippen molar-refractivity contribution in [3.8, 4) is 11.5 Å². The van der Waals surface area contributed by atoms with Crippen molar-refractivity contribution in [2.75, 3.05) is 35.2 Å². The molecule has 1 unspecified atom stereocenters. The number of rotatable bonds is 5. The Bertz CT molecular complexity index is 1130. The fraction of sp³-hybridized carbons (Fsp3) is 0.320. The van der Waals surface area contributed by atoms with Gasteiger partial charge in [0.2, 0.25) is 12.1 Å². The minimum Gasteiger partial charge on any atom is -0.485 e. The largest absolute Gasteiger partial charge is 0.485 e. The van der Waals surface area contributed by atoms with E-state index < -0.39 is 6.10 Å². The molecule has 1 atom stereocenters. The summed E-state index contributed by atoms with van der Waals surface area (Å²) in [6.45, 7) is 4.15. The van der Waals surface area contributed by atoms with Gasteiger partial charge in [0.1, 0.15) is 12.4 Å². The molecule has 5 rings (SSSR count). The number of hydrogen-bond donors (Lipinski definition) is 2. The van der Waals surface area contributed by atoms with Crippen LogP contribution in [0.25, 0.3) is 0 Å². The molecule has 170 valence electrons. The molecule has 8 nitrogen and oxygen atoms in total. The van der Waals surface area contributed by atoms with Crippen molar-refractivity contribution >= 4 is 29.0 Å². The number of anilines is 4. The fourth-order valence-corrected chi connectivity index (χ4v) is 4.01. The summed E-state index contributed by atoms with van der Waals surface area (Å²) in [7, 11) is 0. The third-order valence-electron chi connectivity index (χ3n) is 5.71. The lowest BCUT2D eigenvalue weighted by Crippen LogP contribution is -2.40. The molecule has 1 aromatic heterocycles. The van der Waals surface area contributed by atoms with E-state index in [1.165, 1.54) is 19.3 Å². The number of piperidine rings is 1. The average Bonchev–Trinajstić information content (AvgIpc) is 2.85. The zero-order chi connectivity index (χ0) is 22.6. The number of fused-ring (bicyclic) bond motifs is 1. The van der Waals surface area contributed by atoms with Crippen molar-refractivity contribution in [2.45, 2.75) is 32.3 Å². The summed E-state index contributed by atoms with van der Waals surface area (Å²) < 4.78 is 11.4. The van der Waals surface area contributed by atoms with E-state index >= 15 is 0 Å². The lowest BCUT2D eigenvalue weighted by Gasteiger charge is -2.27. The normalized spacial score (nSPS) is 17.4. The van der Waals surface area contributed by atoms with Gasteiger partial charge in [-0.2, -0.15) is 4.98 Å². The number of ether oxygens (including phenoxy) is 2. The highest BCUT2D eigenvalue weighted by Crippen LogP contribution is 2.31. The monoisotopic (exact) mass is 445 g/mol. The first-order valence-electron chi connectivity index (χ1n) is 11.3. The van der Waals surface area contributed by atoms with Crippen LogP contribution in [-0.4, -0.2) is 41.7 Å². The molecule has 1 amide bonds. The van der Waals surface area contributed by atoms with Crippen LogP contribution in [0, 0.1) is 6.92 Å². The van der Waals surface area contributed by atoms with E-state index in [2.05, 4.69) is 20.5 Å². The summed E-state index contributed by atoms with van der Waals surface area (Å²) in [5.41, 5.74) is 2.48. The Kier molecular flexibility index (Phi) is 5.97. The molecule has 2 aromatic carbocycles. The zero-order valence-corrected chi connectivity index (χ0v) is 18.6. The highest BCUT2D eigenvalue weighted by Gasteiger charge is 2.27. The lowest BCUT2D eigenvalue weighted by molar-refractivity contribution is -0.125. The van der Waals surface area contributed by atoms with E-state index in [0.29, 0.717) is 17.2 Å². The molecule has 2 aliphatic rings. The molecular weight excluding hydrogens is 418 g/mol. The Morgan fingerprint density at radius 2 is 1.70 bits per heavy atom. The lowest BCUT2D eigenvalue weighted by atomic mass is 10.1. The van der Waals surface area contributed by atoms with E-state index in [4.69, 9.17) is 14.5 Å². The molecule has 0 spiro atoms. The molecule has 0 saturated carbocycles. The van der Waals surface area contributed by atoms with E-state index in [0.717, 1.165) is 36.2 Å². The van der Waals surface area contributed by atoms with E-state index in [1.807, 2.05) is 55.5 Å². The minimum absolute atomic E-state index is 0.175. The summed E-state index contributed by atoms with van der Waals surface area (Å²) in [5, 5.41) is 6.23. The van der Waals surface area contributed by atoms with Crippen LogP contribution in [0.2, 0.25) is 0 Å². The summed E-state index contributed by atoms with van der Waals surface area (Å²) in [6.07, 6.45) is 2.92. The molecule has 8 heteroatoms. The molecule has 0 aliphatic carbocycles. The first-order valence-corrected chi connectivity index (χ1v) is 11.3. The highest BCUT2D eigenvalue weighted by molar-refractivity contribution is 5.95. The Morgan fingerprint density at radius 1 is 0.970 bits per heavy atom. The van der Waals surface area contributed by atoms with Crippen LogP contribution < -0.4 is 25.0 Å². The van der Waals surface area contributed by atoms with Gasteiger partial charge in [0, 0.05) is 36.2 Å². The van der Waals surface area contributed by atoms with Crippen LogP contribution in [0.5, 0.6) is 11.5 Å². The third-order valence-corrected chi connectivity index (χ3v) is 5.71. The molecule has 1 saturated heterocycles. The van der Waals surface area contributed by atoms with Crippen LogP contribution in [0.1, 0.15) is 25.0 Å². The maximum absolute atomic E-state index is 12.6. The molecule has 2 N–H and O–H groups in total. The first kappa shape index (κ1) is 21.1. The van der Waals surface area contributed by atoms with Crippen molar-refractivity contribution in [3.05, 3.63) is 60.3 Å². The topological polar surface area (TPSA) is 88.6 Å². The fourth-order valence-electron chi connectivity index (χ4n) is 4.01. The van der Waals surface area contributed by atoms with E-state index in [-0.39, 0.29) is 12.5 Å². The molecule has 3 aromatic rings. The van der Waals surface area contributed by atoms with Gasteiger partial charge in [-0.1, -0.05) is 12.1 Å². The zero-order valence-electron chi connectivity index (χ0n) is 18.6. The Labute approximate surface area is 193 Å². The quantitative estimate of drug-likeness (QED) is 0.605. The molecular formula is C25H27N5O3. The summed E-state index contributed by atoms with van der Waals surface area (Å²) in [6, 6.07) is 16.8.